The van der Waals surface area contributed by atoms with Crippen LogP contribution in [-0.2, 0) is 16.1 Å². The molecule has 4 heteroatoms. The number of esters is 1. The molecule has 0 fully saturated rings. The minimum Gasteiger partial charge on any atom is -0.469 e. The van der Waals surface area contributed by atoms with Gasteiger partial charge in [-0.15, -0.1) is 0 Å². The Morgan fingerprint density at radius 3 is 2.79 bits per heavy atom. The Hall–Kier alpha value is -2.10. The number of carbonyl (C=O) groups excluding carboxylic acids is 1. The van der Waals surface area contributed by atoms with Gasteiger partial charge in [0.15, 0.2) is 0 Å². The number of hydrogen-bond acceptors (Lipinski definition) is 3. The molecule has 0 radical (unpaired) electrons. The van der Waals surface area contributed by atoms with Crippen LogP contribution in [-0.4, -0.2) is 22.6 Å². The maximum absolute atomic E-state index is 11.4. The van der Waals surface area contributed by atoms with E-state index in [2.05, 4.69) is 9.55 Å². The molecule has 19 heavy (non-hydrogen) atoms. The molecular weight excluding hydrogens is 240 g/mol. The van der Waals surface area contributed by atoms with Crippen LogP contribution in [0.4, 0.5) is 0 Å². The highest BCUT2D eigenvalue weighted by molar-refractivity contribution is 5.71. The molecule has 0 aliphatic heterocycles. The number of imidazole rings is 1. The van der Waals surface area contributed by atoms with Crippen molar-refractivity contribution in [3.8, 4) is 11.4 Å². The van der Waals surface area contributed by atoms with Crippen molar-refractivity contribution in [2.45, 2.75) is 19.9 Å². The van der Waals surface area contributed by atoms with E-state index in [9.17, 15) is 4.79 Å². The second kappa shape index (κ2) is 6.18. The number of aromatic nitrogens is 2. The molecule has 0 spiro atoms. The van der Waals surface area contributed by atoms with Gasteiger partial charge in [-0.2, -0.15) is 0 Å². The van der Waals surface area contributed by atoms with Gasteiger partial charge in [0.05, 0.1) is 13.0 Å². The Labute approximate surface area is 113 Å². The Kier molecular flexibility index (Phi) is 4.34. The van der Waals surface area contributed by atoms with Crippen LogP contribution in [0.15, 0.2) is 42.7 Å². The first-order valence-electron chi connectivity index (χ1n) is 6.36. The molecule has 1 atom stereocenters. The third-order valence-corrected chi connectivity index (χ3v) is 3.15. The van der Waals surface area contributed by atoms with Crippen LogP contribution < -0.4 is 0 Å². The highest BCUT2D eigenvalue weighted by Crippen LogP contribution is 2.18. The average Bonchev–Trinajstić information content (AvgIpc) is 2.93. The molecule has 0 aliphatic carbocycles. The fraction of sp³-hybridized carbons (Fsp3) is 0.333. The second-order valence-electron chi connectivity index (χ2n) is 4.52. The van der Waals surface area contributed by atoms with Gasteiger partial charge in [0.2, 0.25) is 0 Å². The van der Waals surface area contributed by atoms with E-state index < -0.39 is 0 Å². The van der Waals surface area contributed by atoms with Gasteiger partial charge in [0, 0.05) is 24.5 Å². The Bertz CT molecular complexity index is 534. The summed E-state index contributed by atoms with van der Waals surface area (Å²) in [5, 5.41) is 0. The summed E-state index contributed by atoms with van der Waals surface area (Å²) < 4.78 is 6.80. The third kappa shape index (κ3) is 3.22. The predicted octanol–water partition coefficient (Wildman–Crippen LogP) is 2.75. The number of aryl methyl sites for hydroxylation is 1. The van der Waals surface area contributed by atoms with Crippen molar-refractivity contribution in [1.82, 2.24) is 9.55 Å². The highest BCUT2D eigenvalue weighted by atomic mass is 16.5. The molecule has 1 aromatic heterocycles. The van der Waals surface area contributed by atoms with E-state index in [4.69, 9.17) is 4.74 Å². The largest absolute Gasteiger partial charge is 0.469 e. The Balaban J connectivity index is 2.07. The van der Waals surface area contributed by atoms with Gasteiger partial charge in [-0.1, -0.05) is 37.3 Å². The van der Waals surface area contributed by atoms with Crippen molar-refractivity contribution in [2.75, 3.05) is 7.11 Å². The smallest absolute Gasteiger partial charge is 0.308 e. The molecule has 2 rings (SSSR count). The molecule has 0 saturated heterocycles. The van der Waals surface area contributed by atoms with Crippen LogP contribution in [0.3, 0.4) is 0 Å². The van der Waals surface area contributed by atoms with E-state index in [1.54, 1.807) is 6.20 Å². The molecule has 1 heterocycles. The summed E-state index contributed by atoms with van der Waals surface area (Å²) in [6.07, 6.45) is 4.46. The maximum atomic E-state index is 11.4. The standard InChI is InChI=1S/C15H18N2O2/c1-12(15(18)19-2)8-10-17-11-9-16-14(17)13-6-4-3-5-7-13/h3-7,9,11-12H,8,10H2,1-2H3. The van der Waals surface area contributed by atoms with Crippen LogP contribution in [0.2, 0.25) is 0 Å². The molecule has 100 valence electrons. The summed E-state index contributed by atoms with van der Waals surface area (Å²) >= 11 is 0. The monoisotopic (exact) mass is 258 g/mol. The topological polar surface area (TPSA) is 44.1 Å². The van der Waals surface area contributed by atoms with Crippen molar-refractivity contribution in [3.63, 3.8) is 0 Å². The highest BCUT2D eigenvalue weighted by Gasteiger charge is 2.14. The average molecular weight is 258 g/mol. The number of rotatable bonds is 5. The first-order valence-corrected chi connectivity index (χ1v) is 6.36. The number of hydrogen-bond donors (Lipinski definition) is 0. The van der Waals surface area contributed by atoms with Gasteiger partial charge in [-0.25, -0.2) is 4.98 Å². The van der Waals surface area contributed by atoms with Crippen LogP contribution >= 0.6 is 0 Å². The van der Waals surface area contributed by atoms with Crippen LogP contribution in [0.5, 0.6) is 0 Å². The van der Waals surface area contributed by atoms with Gasteiger partial charge in [-0.05, 0) is 6.42 Å². The van der Waals surface area contributed by atoms with Crippen molar-refractivity contribution >= 4 is 5.97 Å². The summed E-state index contributed by atoms with van der Waals surface area (Å²) in [5.41, 5.74) is 1.08. The summed E-state index contributed by atoms with van der Waals surface area (Å²) in [5.74, 6) is 0.662. The van der Waals surface area contributed by atoms with E-state index in [0.717, 1.165) is 24.4 Å². The third-order valence-electron chi connectivity index (χ3n) is 3.15. The first-order chi connectivity index (χ1) is 9.22. The lowest BCUT2D eigenvalue weighted by Crippen LogP contribution is -2.15. The van der Waals surface area contributed by atoms with Crippen molar-refractivity contribution in [1.29, 1.82) is 0 Å². The van der Waals surface area contributed by atoms with Crippen molar-refractivity contribution in [3.05, 3.63) is 42.7 Å². The molecule has 2 aromatic rings. The molecule has 4 nitrogen and oxygen atoms in total. The SMILES string of the molecule is COC(=O)C(C)CCn1ccnc1-c1ccccc1. The molecule has 0 bridgehead atoms. The van der Waals surface area contributed by atoms with E-state index in [1.165, 1.54) is 7.11 Å². The second-order valence-corrected chi connectivity index (χ2v) is 4.52. The van der Waals surface area contributed by atoms with Gasteiger partial charge in [0.25, 0.3) is 0 Å². The molecule has 0 amide bonds. The van der Waals surface area contributed by atoms with E-state index in [1.807, 2.05) is 43.5 Å². The molecule has 0 aliphatic rings. The number of carbonyl (C=O) groups is 1. The van der Waals surface area contributed by atoms with E-state index in [0.29, 0.717) is 0 Å². The normalized spacial score (nSPS) is 12.1. The van der Waals surface area contributed by atoms with Gasteiger partial charge in [0.1, 0.15) is 5.82 Å². The molecule has 1 unspecified atom stereocenters. The quantitative estimate of drug-likeness (QED) is 0.774. The minimum atomic E-state index is -0.165. The fourth-order valence-electron chi connectivity index (χ4n) is 1.99. The number of methoxy groups -OCH3 is 1. The zero-order chi connectivity index (χ0) is 13.7. The van der Waals surface area contributed by atoms with E-state index in [-0.39, 0.29) is 11.9 Å². The zero-order valence-electron chi connectivity index (χ0n) is 11.2. The van der Waals surface area contributed by atoms with Crippen LogP contribution in [0.25, 0.3) is 11.4 Å². The minimum absolute atomic E-state index is 0.101. The molecular formula is C15H18N2O2. The maximum Gasteiger partial charge on any atom is 0.308 e. The molecule has 0 N–H and O–H groups in total. The van der Waals surface area contributed by atoms with Gasteiger partial charge >= 0.3 is 5.97 Å². The van der Waals surface area contributed by atoms with Gasteiger partial charge < -0.3 is 9.30 Å². The van der Waals surface area contributed by atoms with E-state index >= 15 is 0 Å². The number of ether oxygens (including phenoxy) is 1. The van der Waals surface area contributed by atoms with Crippen LogP contribution in [0, 0.1) is 5.92 Å². The zero-order valence-corrected chi connectivity index (χ0v) is 11.2. The lowest BCUT2D eigenvalue weighted by Gasteiger charge is -2.11. The van der Waals surface area contributed by atoms with Crippen molar-refractivity contribution in [2.24, 2.45) is 5.92 Å². The fourth-order valence-corrected chi connectivity index (χ4v) is 1.99. The Morgan fingerprint density at radius 1 is 1.37 bits per heavy atom. The summed E-state index contributed by atoms with van der Waals surface area (Å²) in [6, 6.07) is 10.0. The predicted molar refractivity (Wildman–Crippen MR) is 73.5 cm³/mol. The number of benzene rings is 1. The van der Waals surface area contributed by atoms with Gasteiger partial charge in [-0.3, -0.25) is 4.79 Å². The lowest BCUT2D eigenvalue weighted by atomic mass is 10.1. The molecule has 1 aromatic carbocycles. The number of nitrogens with zero attached hydrogens (tertiary/aromatic N) is 2. The summed E-state index contributed by atoms with van der Waals surface area (Å²) in [4.78, 5) is 15.8. The summed E-state index contributed by atoms with van der Waals surface area (Å²) in [6.45, 7) is 2.63. The first kappa shape index (κ1) is 13.3. The Morgan fingerprint density at radius 2 is 2.11 bits per heavy atom. The van der Waals surface area contributed by atoms with Crippen molar-refractivity contribution < 1.29 is 9.53 Å². The molecule has 0 saturated carbocycles. The van der Waals surface area contributed by atoms with Crippen LogP contribution in [0.1, 0.15) is 13.3 Å². The lowest BCUT2D eigenvalue weighted by molar-refractivity contribution is -0.145. The summed E-state index contributed by atoms with van der Waals surface area (Å²) in [7, 11) is 1.42.